The molecule has 1 heterocycles. The van der Waals surface area contributed by atoms with Gasteiger partial charge in [0, 0.05) is 13.0 Å². The maximum atomic E-state index is 3.99. The zero-order valence-corrected chi connectivity index (χ0v) is 10.2. The molecule has 2 aromatic rings. The summed E-state index contributed by atoms with van der Waals surface area (Å²) in [5.74, 6) is 0.977. The molecule has 2 rings (SSSR count). The number of hydrogen-bond donors (Lipinski definition) is 0. The van der Waals surface area contributed by atoms with Gasteiger partial charge in [-0.25, -0.2) is 4.68 Å². The molecule has 0 amide bonds. The van der Waals surface area contributed by atoms with Gasteiger partial charge in [0.1, 0.15) is 0 Å². The third-order valence-corrected chi connectivity index (χ3v) is 2.85. The van der Waals surface area contributed by atoms with Crippen molar-refractivity contribution in [2.45, 2.75) is 39.2 Å². The van der Waals surface area contributed by atoms with Crippen molar-refractivity contribution in [3.8, 4) is 0 Å². The molecule has 0 aliphatic carbocycles. The van der Waals surface area contributed by atoms with Crippen molar-refractivity contribution < 1.29 is 0 Å². The highest BCUT2D eigenvalue weighted by Gasteiger charge is 2.02. The van der Waals surface area contributed by atoms with Crippen LogP contribution in [0.3, 0.4) is 0 Å². The lowest BCUT2D eigenvalue weighted by molar-refractivity contribution is 0.524. The molecule has 1 aromatic heterocycles. The molecule has 0 spiro atoms. The van der Waals surface area contributed by atoms with E-state index in [9.17, 15) is 0 Å². The number of hydrogen-bond acceptors (Lipinski definition) is 3. The van der Waals surface area contributed by atoms with Crippen molar-refractivity contribution in [1.29, 1.82) is 0 Å². The van der Waals surface area contributed by atoms with Crippen LogP contribution in [-0.4, -0.2) is 20.2 Å². The lowest BCUT2D eigenvalue weighted by atomic mass is 10.1. The average molecular weight is 230 g/mol. The van der Waals surface area contributed by atoms with Gasteiger partial charge in [0.2, 0.25) is 0 Å². The van der Waals surface area contributed by atoms with Crippen LogP contribution in [-0.2, 0) is 19.4 Å². The summed E-state index contributed by atoms with van der Waals surface area (Å²) in [5.41, 5.74) is 1.40. The van der Waals surface area contributed by atoms with E-state index in [1.165, 1.54) is 12.0 Å². The summed E-state index contributed by atoms with van der Waals surface area (Å²) in [6, 6.07) is 10.6. The lowest BCUT2D eigenvalue weighted by Crippen LogP contribution is -2.05. The SMILES string of the molecule is CCc1nnnn1CCCCc1ccccc1. The van der Waals surface area contributed by atoms with E-state index < -0.39 is 0 Å². The van der Waals surface area contributed by atoms with E-state index >= 15 is 0 Å². The first-order valence-electron chi connectivity index (χ1n) is 6.19. The summed E-state index contributed by atoms with van der Waals surface area (Å²) >= 11 is 0. The molecule has 0 aliphatic heterocycles. The minimum absolute atomic E-state index is 0.895. The molecule has 4 heteroatoms. The Kier molecular flexibility index (Phi) is 4.24. The number of aryl methyl sites for hydroxylation is 3. The molecular formula is C13H18N4. The van der Waals surface area contributed by atoms with E-state index in [0.717, 1.165) is 31.6 Å². The Hall–Kier alpha value is -1.71. The molecule has 0 saturated carbocycles. The maximum Gasteiger partial charge on any atom is 0.150 e. The van der Waals surface area contributed by atoms with Gasteiger partial charge in [-0.1, -0.05) is 37.3 Å². The molecule has 0 bridgehead atoms. The molecule has 90 valence electrons. The van der Waals surface area contributed by atoms with Gasteiger partial charge in [-0.05, 0) is 35.3 Å². The zero-order valence-electron chi connectivity index (χ0n) is 10.2. The van der Waals surface area contributed by atoms with Crippen molar-refractivity contribution in [2.24, 2.45) is 0 Å². The second-order valence-electron chi connectivity index (χ2n) is 4.11. The van der Waals surface area contributed by atoms with Gasteiger partial charge in [-0.2, -0.15) is 0 Å². The van der Waals surface area contributed by atoms with E-state index in [2.05, 4.69) is 52.8 Å². The largest absolute Gasteiger partial charge is 0.230 e. The van der Waals surface area contributed by atoms with Crippen molar-refractivity contribution in [2.75, 3.05) is 0 Å². The van der Waals surface area contributed by atoms with Crippen LogP contribution in [0.25, 0.3) is 0 Å². The van der Waals surface area contributed by atoms with Crippen molar-refractivity contribution in [3.63, 3.8) is 0 Å². The molecule has 17 heavy (non-hydrogen) atoms. The molecule has 0 aliphatic rings. The van der Waals surface area contributed by atoms with Crippen molar-refractivity contribution >= 4 is 0 Å². The quantitative estimate of drug-likeness (QED) is 0.715. The van der Waals surface area contributed by atoms with Gasteiger partial charge in [-0.15, -0.1) is 5.10 Å². The number of unbranched alkanes of at least 4 members (excludes halogenated alkanes) is 1. The van der Waals surface area contributed by atoms with Crippen LogP contribution in [0.1, 0.15) is 31.2 Å². The number of tetrazole rings is 1. The molecule has 0 radical (unpaired) electrons. The van der Waals surface area contributed by atoms with E-state index in [-0.39, 0.29) is 0 Å². The number of rotatable bonds is 6. The van der Waals surface area contributed by atoms with E-state index in [0.29, 0.717) is 0 Å². The van der Waals surface area contributed by atoms with Crippen LogP contribution in [0, 0.1) is 0 Å². The van der Waals surface area contributed by atoms with E-state index in [1.54, 1.807) is 0 Å². The standard InChI is InChI=1S/C13H18N4/c1-2-13-14-15-16-17(13)11-7-6-10-12-8-4-3-5-9-12/h3-5,8-9H,2,6-7,10-11H2,1H3. The Balaban J connectivity index is 1.73. The Bertz CT molecular complexity index is 436. The topological polar surface area (TPSA) is 43.6 Å². The van der Waals surface area contributed by atoms with Crippen LogP contribution < -0.4 is 0 Å². The summed E-state index contributed by atoms with van der Waals surface area (Å²) in [5, 5.41) is 11.7. The highest BCUT2D eigenvalue weighted by molar-refractivity contribution is 5.14. The van der Waals surface area contributed by atoms with Crippen molar-refractivity contribution in [3.05, 3.63) is 41.7 Å². The minimum Gasteiger partial charge on any atom is -0.230 e. The Morgan fingerprint density at radius 2 is 1.94 bits per heavy atom. The van der Waals surface area contributed by atoms with Crippen LogP contribution in [0.15, 0.2) is 30.3 Å². The van der Waals surface area contributed by atoms with Crippen molar-refractivity contribution in [1.82, 2.24) is 20.2 Å². The van der Waals surface area contributed by atoms with Gasteiger partial charge in [-0.3, -0.25) is 0 Å². The van der Waals surface area contributed by atoms with Crippen LogP contribution in [0.2, 0.25) is 0 Å². The third-order valence-electron chi connectivity index (χ3n) is 2.85. The van der Waals surface area contributed by atoms with E-state index in [4.69, 9.17) is 0 Å². The fourth-order valence-electron chi connectivity index (χ4n) is 1.89. The molecule has 0 unspecified atom stereocenters. The minimum atomic E-state index is 0.895. The highest BCUT2D eigenvalue weighted by Crippen LogP contribution is 2.05. The van der Waals surface area contributed by atoms with Crippen LogP contribution in [0.5, 0.6) is 0 Å². The highest BCUT2D eigenvalue weighted by atomic mass is 15.5. The summed E-state index contributed by atoms with van der Waals surface area (Å²) < 4.78 is 1.91. The summed E-state index contributed by atoms with van der Waals surface area (Å²) in [4.78, 5) is 0. The summed E-state index contributed by atoms with van der Waals surface area (Å²) in [7, 11) is 0. The second-order valence-corrected chi connectivity index (χ2v) is 4.11. The number of benzene rings is 1. The lowest BCUT2D eigenvalue weighted by Gasteiger charge is -2.03. The predicted molar refractivity (Wildman–Crippen MR) is 66.6 cm³/mol. The Morgan fingerprint density at radius 1 is 1.12 bits per heavy atom. The molecule has 0 fully saturated rings. The smallest absolute Gasteiger partial charge is 0.150 e. The normalized spacial score (nSPS) is 10.6. The number of nitrogens with zero attached hydrogens (tertiary/aromatic N) is 4. The van der Waals surface area contributed by atoms with Gasteiger partial charge >= 0.3 is 0 Å². The molecule has 0 atom stereocenters. The maximum absolute atomic E-state index is 3.99. The molecule has 0 saturated heterocycles. The Morgan fingerprint density at radius 3 is 2.71 bits per heavy atom. The van der Waals surface area contributed by atoms with Gasteiger partial charge in [0.25, 0.3) is 0 Å². The van der Waals surface area contributed by atoms with Gasteiger partial charge in [0.15, 0.2) is 5.82 Å². The first-order valence-corrected chi connectivity index (χ1v) is 6.19. The fraction of sp³-hybridized carbons (Fsp3) is 0.462. The first-order chi connectivity index (χ1) is 8.40. The fourth-order valence-corrected chi connectivity index (χ4v) is 1.89. The molecule has 4 nitrogen and oxygen atoms in total. The molecule has 0 N–H and O–H groups in total. The van der Waals surface area contributed by atoms with Crippen LogP contribution in [0.4, 0.5) is 0 Å². The van der Waals surface area contributed by atoms with Gasteiger partial charge in [0.05, 0.1) is 0 Å². The average Bonchev–Trinajstić information content (AvgIpc) is 2.83. The monoisotopic (exact) mass is 230 g/mol. The first kappa shape index (κ1) is 11.8. The van der Waals surface area contributed by atoms with Crippen LogP contribution >= 0.6 is 0 Å². The number of aromatic nitrogens is 4. The van der Waals surface area contributed by atoms with Gasteiger partial charge < -0.3 is 0 Å². The summed E-state index contributed by atoms with van der Waals surface area (Å²) in [6.07, 6.45) is 4.32. The van der Waals surface area contributed by atoms with E-state index in [1.807, 2.05) is 4.68 Å². The third kappa shape index (κ3) is 3.37. The summed E-state index contributed by atoms with van der Waals surface area (Å²) in [6.45, 7) is 3.00. The Labute approximate surface area is 102 Å². The predicted octanol–water partition coefficient (Wildman–Crippen LogP) is 2.26. The molecular weight excluding hydrogens is 212 g/mol. The second kappa shape index (κ2) is 6.13. The zero-order chi connectivity index (χ0) is 11.9. The molecule has 1 aromatic carbocycles.